The summed E-state index contributed by atoms with van der Waals surface area (Å²) in [5, 5.41) is 2.86. The van der Waals surface area contributed by atoms with Crippen molar-refractivity contribution in [2.75, 3.05) is 7.05 Å². The number of halogens is 3. The first kappa shape index (κ1) is 12.8. The Kier molecular flexibility index (Phi) is 3.74. The molecule has 1 heterocycles. The predicted molar refractivity (Wildman–Crippen MR) is 54.2 cm³/mol. The number of nitrogens with one attached hydrogen (secondary N) is 1. The molecule has 1 aromatic heterocycles. The molecule has 0 saturated heterocycles. The zero-order valence-corrected chi connectivity index (χ0v) is 9.01. The van der Waals surface area contributed by atoms with Crippen molar-refractivity contribution in [2.24, 2.45) is 0 Å². The number of alkyl halides is 3. The highest BCUT2D eigenvalue weighted by Crippen LogP contribution is 2.27. The van der Waals surface area contributed by atoms with E-state index in [1.807, 2.05) is 0 Å². The van der Waals surface area contributed by atoms with E-state index in [1.54, 1.807) is 14.0 Å². The van der Waals surface area contributed by atoms with Crippen LogP contribution in [-0.2, 0) is 12.7 Å². The molecule has 1 atom stereocenters. The third-order valence-electron chi connectivity index (χ3n) is 2.27. The second kappa shape index (κ2) is 4.69. The summed E-state index contributed by atoms with van der Waals surface area (Å²) >= 11 is 0. The van der Waals surface area contributed by atoms with E-state index >= 15 is 0 Å². The number of rotatable bonds is 3. The Labute approximate surface area is 90.9 Å². The summed E-state index contributed by atoms with van der Waals surface area (Å²) in [7, 11) is 1.68. The number of hydrogen-bond donors (Lipinski definition) is 1. The van der Waals surface area contributed by atoms with Crippen LogP contribution < -0.4 is 10.9 Å². The number of pyridine rings is 1. The van der Waals surface area contributed by atoms with Crippen molar-refractivity contribution < 1.29 is 13.2 Å². The molecule has 0 aliphatic heterocycles. The summed E-state index contributed by atoms with van der Waals surface area (Å²) in [5.74, 6) is 0. The van der Waals surface area contributed by atoms with Crippen molar-refractivity contribution in [3.05, 3.63) is 34.2 Å². The van der Waals surface area contributed by atoms with Crippen LogP contribution >= 0.6 is 0 Å². The summed E-state index contributed by atoms with van der Waals surface area (Å²) in [5.41, 5.74) is -1.24. The molecule has 0 bridgehead atoms. The van der Waals surface area contributed by atoms with Gasteiger partial charge in [-0.2, -0.15) is 13.2 Å². The molecule has 90 valence electrons. The smallest absolute Gasteiger partial charge is 0.315 e. The molecule has 0 amide bonds. The lowest BCUT2D eigenvalue weighted by Crippen LogP contribution is -2.32. The lowest BCUT2D eigenvalue weighted by molar-refractivity contribution is -0.138. The topological polar surface area (TPSA) is 34.0 Å². The van der Waals surface area contributed by atoms with E-state index in [0.29, 0.717) is 0 Å². The van der Waals surface area contributed by atoms with Crippen molar-refractivity contribution >= 4 is 0 Å². The Morgan fingerprint density at radius 1 is 1.44 bits per heavy atom. The minimum Gasteiger partial charge on any atom is -0.315 e. The Balaban J connectivity index is 3.05. The van der Waals surface area contributed by atoms with Gasteiger partial charge in [0.25, 0.3) is 5.56 Å². The third kappa shape index (κ3) is 3.10. The van der Waals surface area contributed by atoms with Gasteiger partial charge in [0.05, 0.1) is 5.56 Å². The Morgan fingerprint density at radius 2 is 2.06 bits per heavy atom. The van der Waals surface area contributed by atoms with Crippen molar-refractivity contribution in [3.63, 3.8) is 0 Å². The second-order valence-electron chi connectivity index (χ2n) is 3.60. The van der Waals surface area contributed by atoms with Crippen molar-refractivity contribution in [1.29, 1.82) is 0 Å². The molecule has 6 heteroatoms. The van der Waals surface area contributed by atoms with Crippen LogP contribution in [0.25, 0.3) is 0 Å². The fourth-order valence-electron chi connectivity index (χ4n) is 1.23. The molecule has 3 nitrogen and oxygen atoms in total. The predicted octanol–water partition coefficient (Wildman–Crippen LogP) is 1.47. The van der Waals surface area contributed by atoms with Crippen LogP contribution in [0.15, 0.2) is 23.1 Å². The molecule has 0 fully saturated rings. The van der Waals surface area contributed by atoms with Gasteiger partial charge in [-0.25, -0.2) is 0 Å². The molecule has 1 N–H and O–H groups in total. The first-order valence-corrected chi connectivity index (χ1v) is 4.79. The molecule has 1 rings (SSSR count). The first-order chi connectivity index (χ1) is 7.34. The summed E-state index contributed by atoms with van der Waals surface area (Å²) in [6.45, 7) is 1.99. The average molecular weight is 234 g/mol. The summed E-state index contributed by atoms with van der Waals surface area (Å²) in [6.07, 6.45) is -3.57. The molecule has 0 aliphatic carbocycles. The zero-order valence-electron chi connectivity index (χ0n) is 9.01. The second-order valence-corrected chi connectivity index (χ2v) is 3.60. The van der Waals surface area contributed by atoms with Gasteiger partial charge in [0, 0.05) is 24.8 Å². The fourth-order valence-corrected chi connectivity index (χ4v) is 1.23. The van der Waals surface area contributed by atoms with Crippen LogP contribution in [0.2, 0.25) is 0 Å². The van der Waals surface area contributed by atoms with Gasteiger partial charge < -0.3 is 9.88 Å². The summed E-state index contributed by atoms with van der Waals surface area (Å²) in [6, 6.07) is 1.66. The number of nitrogens with zero attached hydrogens (tertiary/aromatic N) is 1. The van der Waals surface area contributed by atoms with E-state index in [0.717, 1.165) is 22.9 Å². The van der Waals surface area contributed by atoms with Gasteiger partial charge in [-0.3, -0.25) is 4.79 Å². The molecule has 0 spiro atoms. The fraction of sp³-hybridized carbons (Fsp3) is 0.500. The molecule has 16 heavy (non-hydrogen) atoms. The maximum Gasteiger partial charge on any atom is 0.417 e. The minimum atomic E-state index is -4.42. The maximum absolute atomic E-state index is 12.4. The Hall–Kier alpha value is -1.30. The third-order valence-corrected chi connectivity index (χ3v) is 2.27. The molecule has 0 aromatic carbocycles. The number of hydrogen-bond acceptors (Lipinski definition) is 2. The molecule has 0 aliphatic rings. The SMILES string of the molecule is CNC(C)Cn1cc(C(F)(F)F)ccc1=O. The number of aromatic nitrogens is 1. The minimum absolute atomic E-state index is 0.0683. The van der Waals surface area contributed by atoms with Gasteiger partial charge in [0.15, 0.2) is 0 Å². The highest BCUT2D eigenvalue weighted by molar-refractivity contribution is 5.13. The Bertz CT molecular complexity index is 411. The van der Waals surface area contributed by atoms with Crippen LogP contribution in [0, 0.1) is 0 Å². The van der Waals surface area contributed by atoms with Crippen LogP contribution in [0.5, 0.6) is 0 Å². The highest BCUT2D eigenvalue weighted by Gasteiger charge is 2.31. The summed E-state index contributed by atoms with van der Waals surface area (Å²) < 4.78 is 38.2. The maximum atomic E-state index is 12.4. The van der Waals surface area contributed by atoms with Crippen LogP contribution in [0.3, 0.4) is 0 Å². The summed E-state index contributed by atoms with van der Waals surface area (Å²) in [4.78, 5) is 11.3. The van der Waals surface area contributed by atoms with Crippen molar-refractivity contribution in [2.45, 2.75) is 25.7 Å². The molecule has 0 radical (unpaired) electrons. The quantitative estimate of drug-likeness (QED) is 0.859. The van der Waals surface area contributed by atoms with Gasteiger partial charge in [0.2, 0.25) is 0 Å². The largest absolute Gasteiger partial charge is 0.417 e. The van der Waals surface area contributed by atoms with Crippen molar-refractivity contribution in [1.82, 2.24) is 9.88 Å². The lowest BCUT2D eigenvalue weighted by Gasteiger charge is -2.14. The molecule has 0 saturated carbocycles. The first-order valence-electron chi connectivity index (χ1n) is 4.79. The standard InChI is InChI=1S/C10H13F3N2O/c1-7(14-2)5-15-6-8(10(11,12)13)3-4-9(15)16/h3-4,6-7,14H,5H2,1-2H3. The molecular formula is C10H13F3N2O. The van der Waals surface area contributed by atoms with Crippen LogP contribution in [0.4, 0.5) is 13.2 Å². The average Bonchev–Trinajstić information content (AvgIpc) is 2.19. The van der Waals surface area contributed by atoms with Gasteiger partial charge >= 0.3 is 6.18 Å². The van der Waals surface area contributed by atoms with Gasteiger partial charge in [-0.15, -0.1) is 0 Å². The van der Waals surface area contributed by atoms with E-state index in [1.165, 1.54) is 0 Å². The number of likely N-dealkylation sites (N-methyl/N-ethyl adjacent to an activating group) is 1. The molecule has 1 unspecified atom stereocenters. The zero-order chi connectivity index (χ0) is 12.3. The monoisotopic (exact) mass is 234 g/mol. The lowest BCUT2D eigenvalue weighted by atomic mass is 10.2. The highest BCUT2D eigenvalue weighted by atomic mass is 19.4. The van der Waals surface area contributed by atoms with E-state index in [4.69, 9.17) is 0 Å². The van der Waals surface area contributed by atoms with Gasteiger partial charge in [0.1, 0.15) is 0 Å². The van der Waals surface area contributed by atoms with E-state index < -0.39 is 17.3 Å². The van der Waals surface area contributed by atoms with Crippen LogP contribution in [-0.4, -0.2) is 17.7 Å². The molecule has 1 aromatic rings. The van der Waals surface area contributed by atoms with Crippen molar-refractivity contribution in [3.8, 4) is 0 Å². The van der Waals surface area contributed by atoms with E-state index in [9.17, 15) is 18.0 Å². The van der Waals surface area contributed by atoms with Gasteiger partial charge in [-0.05, 0) is 20.0 Å². The van der Waals surface area contributed by atoms with E-state index in [-0.39, 0.29) is 12.6 Å². The van der Waals surface area contributed by atoms with Crippen LogP contribution in [0.1, 0.15) is 12.5 Å². The van der Waals surface area contributed by atoms with Gasteiger partial charge in [-0.1, -0.05) is 0 Å². The Morgan fingerprint density at radius 3 is 2.56 bits per heavy atom. The molecular weight excluding hydrogens is 221 g/mol. The van der Waals surface area contributed by atoms with E-state index in [2.05, 4.69) is 5.32 Å². The normalized spacial score (nSPS) is 13.8.